The number of fused-ring (bicyclic) bond motifs is 12. The Balaban J connectivity index is 1.01. The first kappa shape index (κ1) is 34.1. The minimum absolute atomic E-state index is 0.160. The van der Waals surface area contributed by atoms with Gasteiger partial charge in [0.25, 0.3) is 0 Å². The van der Waals surface area contributed by atoms with Gasteiger partial charge >= 0.3 is 0 Å². The fourth-order valence-electron chi connectivity index (χ4n) is 10.1. The van der Waals surface area contributed by atoms with E-state index in [4.69, 9.17) is 13.3 Å². The minimum atomic E-state index is -0.160. The van der Waals surface area contributed by atoms with E-state index in [9.17, 15) is 0 Å². The van der Waals surface area contributed by atoms with Crippen LogP contribution in [0.25, 0.3) is 99.2 Å². The largest absolute Gasteiger partial charge is 0.456 e. The van der Waals surface area contributed by atoms with Crippen molar-refractivity contribution in [3.05, 3.63) is 199 Å². The zero-order chi connectivity index (χ0) is 40.4. The van der Waals surface area contributed by atoms with Crippen molar-refractivity contribution in [1.82, 2.24) is 0 Å². The maximum Gasteiger partial charge on any atom is 0.137 e. The quantitative estimate of drug-likeness (QED) is 0.174. The van der Waals surface area contributed by atoms with E-state index in [1.165, 1.54) is 22.3 Å². The lowest BCUT2D eigenvalue weighted by Crippen LogP contribution is -2.16. The summed E-state index contributed by atoms with van der Waals surface area (Å²) in [5.74, 6) is 0. The van der Waals surface area contributed by atoms with E-state index in [1.54, 1.807) is 0 Å². The molecule has 0 atom stereocenters. The lowest BCUT2D eigenvalue weighted by molar-refractivity contribution is 0.660. The maximum absolute atomic E-state index is 6.80. The van der Waals surface area contributed by atoms with Crippen LogP contribution < -0.4 is 4.90 Å². The molecule has 0 bridgehead atoms. The minimum Gasteiger partial charge on any atom is -0.456 e. The van der Waals surface area contributed by atoms with Gasteiger partial charge in [0.05, 0.1) is 11.1 Å². The van der Waals surface area contributed by atoms with Crippen molar-refractivity contribution >= 4 is 82.9 Å². The van der Waals surface area contributed by atoms with E-state index in [1.807, 2.05) is 12.1 Å². The number of para-hydroxylation sites is 1. The molecule has 0 spiro atoms. The summed E-state index contributed by atoms with van der Waals surface area (Å²) >= 11 is 0. The molecule has 0 aliphatic heterocycles. The lowest BCUT2D eigenvalue weighted by atomic mass is 9.82. The summed E-state index contributed by atoms with van der Waals surface area (Å²) in [6.45, 7) is 4.68. The molecule has 61 heavy (non-hydrogen) atoms. The normalized spacial score (nSPS) is 13.2. The molecule has 4 heteroatoms. The van der Waals surface area contributed by atoms with E-state index < -0.39 is 0 Å². The molecule has 0 amide bonds. The van der Waals surface area contributed by atoms with Crippen LogP contribution in [0, 0.1) is 0 Å². The number of nitrogens with zero attached hydrogens (tertiary/aromatic N) is 1. The van der Waals surface area contributed by atoms with Gasteiger partial charge in [-0.3, -0.25) is 0 Å². The van der Waals surface area contributed by atoms with Crippen molar-refractivity contribution in [2.45, 2.75) is 19.3 Å². The fourth-order valence-corrected chi connectivity index (χ4v) is 10.1. The van der Waals surface area contributed by atoms with Crippen molar-refractivity contribution in [1.29, 1.82) is 0 Å². The van der Waals surface area contributed by atoms with Crippen LogP contribution in [-0.4, -0.2) is 0 Å². The van der Waals surface area contributed by atoms with E-state index >= 15 is 0 Å². The third kappa shape index (κ3) is 5.00. The van der Waals surface area contributed by atoms with Crippen LogP contribution in [0.5, 0.6) is 0 Å². The molecule has 0 saturated heterocycles. The number of benzene rings is 9. The number of anilines is 3. The van der Waals surface area contributed by atoms with Gasteiger partial charge in [-0.15, -0.1) is 0 Å². The van der Waals surface area contributed by atoms with Crippen molar-refractivity contribution in [2.24, 2.45) is 0 Å². The first-order valence-corrected chi connectivity index (χ1v) is 20.9. The predicted molar refractivity (Wildman–Crippen MR) is 251 cm³/mol. The summed E-state index contributed by atoms with van der Waals surface area (Å²) in [5.41, 5.74) is 18.0. The van der Waals surface area contributed by atoms with E-state index in [2.05, 4.69) is 195 Å². The summed E-state index contributed by atoms with van der Waals surface area (Å²) in [5, 5.41) is 6.42. The first-order chi connectivity index (χ1) is 30.0. The highest BCUT2D eigenvalue weighted by Crippen LogP contribution is 2.52. The Bertz CT molecular complexity index is 3730. The Labute approximate surface area is 351 Å². The molecule has 3 aromatic heterocycles. The topological polar surface area (TPSA) is 42.7 Å². The van der Waals surface area contributed by atoms with Gasteiger partial charge in [-0.25, -0.2) is 0 Å². The molecule has 0 fully saturated rings. The van der Waals surface area contributed by atoms with E-state index in [0.29, 0.717) is 0 Å². The Morgan fingerprint density at radius 1 is 0.344 bits per heavy atom. The molecule has 1 aliphatic rings. The van der Waals surface area contributed by atoms with Gasteiger partial charge in [0.1, 0.15) is 33.5 Å². The molecule has 0 unspecified atom stereocenters. The monoisotopic (exact) mass is 783 g/mol. The predicted octanol–water partition coefficient (Wildman–Crippen LogP) is 16.5. The van der Waals surface area contributed by atoms with Crippen LogP contribution in [0.15, 0.2) is 201 Å². The van der Waals surface area contributed by atoms with Crippen molar-refractivity contribution < 1.29 is 13.3 Å². The number of rotatable bonds is 5. The number of hydrogen-bond acceptors (Lipinski definition) is 4. The summed E-state index contributed by atoms with van der Waals surface area (Å²) in [4.78, 5) is 2.39. The number of hydrogen-bond donors (Lipinski definition) is 0. The second kappa shape index (κ2) is 12.6. The molecule has 12 aromatic rings. The van der Waals surface area contributed by atoms with E-state index in [0.717, 1.165) is 105 Å². The molecular formula is C57H37NO3. The average molecular weight is 784 g/mol. The average Bonchev–Trinajstić information content (AvgIpc) is 4.04. The molecule has 4 nitrogen and oxygen atoms in total. The Kier molecular flexibility index (Phi) is 7.04. The van der Waals surface area contributed by atoms with Gasteiger partial charge in [0.15, 0.2) is 0 Å². The van der Waals surface area contributed by atoms with E-state index in [-0.39, 0.29) is 5.41 Å². The Hall–Kier alpha value is -7.82. The first-order valence-electron chi connectivity index (χ1n) is 20.9. The van der Waals surface area contributed by atoms with Crippen LogP contribution in [-0.2, 0) is 5.41 Å². The highest BCUT2D eigenvalue weighted by atomic mass is 16.3. The molecular weight excluding hydrogens is 747 g/mol. The van der Waals surface area contributed by atoms with Gasteiger partial charge in [0.2, 0.25) is 0 Å². The third-order valence-corrected chi connectivity index (χ3v) is 13.1. The smallest absolute Gasteiger partial charge is 0.137 e. The molecule has 13 rings (SSSR count). The van der Waals surface area contributed by atoms with Crippen molar-refractivity contribution in [3.63, 3.8) is 0 Å². The van der Waals surface area contributed by atoms with Gasteiger partial charge in [0, 0.05) is 43.7 Å². The molecule has 288 valence electrons. The van der Waals surface area contributed by atoms with Crippen LogP contribution >= 0.6 is 0 Å². The fraction of sp³-hybridized carbons (Fsp3) is 0.0526. The molecule has 0 N–H and O–H groups in total. The van der Waals surface area contributed by atoms with Crippen LogP contribution in [0.2, 0.25) is 0 Å². The SMILES string of the molecule is CC1(C)c2ccccc2-c2ccc(N(c3ccc(-c4ccc5oc6ccccc6c5c4)cc3)c3cccc4oc5cc6c(cc5c34)oc3cccc(-c4ccccc4)c36)cc21. The van der Waals surface area contributed by atoms with Crippen LogP contribution in [0.1, 0.15) is 25.0 Å². The van der Waals surface area contributed by atoms with Crippen molar-refractivity contribution in [3.8, 4) is 33.4 Å². The molecule has 0 radical (unpaired) electrons. The third-order valence-electron chi connectivity index (χ3n) is 13.1. The molecule has 0 saturated carbocycles. The zero-order valence-corrected chi connectivity index (χ0v) is 33.6. The second-order valence-electron chi connectivity index (χ2n) is 16.8. The summed E-state index contributed by atoms with van der Waals surface area (Å²) < 4.78 is 19.6. The Morgan fingerprint density at radius 2 is 0.951 bits per heavy atom. The summed E-state index contributed by atoms with van der Waals surface area (Å²) in [6, 6.07) is 67.0. The van der Waals surface area contributed by atoms with Gasteiger partial charge in [-0.05, 0) is 117 Å². The van der Waals surface area contributed by atoms with Crippen LogP contribution in [0.4, 0.5) is 17.1 Å². The van der Waals surface area contributed by atoms with Gasteiger partial charge in [-0.1, -0.05) is 129 Å². The van der Waals surface area contributed by atoms with Crippen LogP contribution in [0.3, 0.4) is 0 Å². The molecule has 3 heterocycles. The second-order valence-corrected chi connectivity index (χ2v) is 16.8. The van der Waals surface area contributed by atoms with Gasteiger partial charge in [-0.2, -0.15) is 0 Å². The molecule has 1 aliphatic carbocycles. The molecule has 9 aromatic carbocycles. The lowest BCUT2D eigenvalue weighted by Gasteiger charge is -2.28. The van der Waals surface area contributed by atoms with Gasteiger partial charge < -0.3 is 18.2 Å². The Morgan fingerprint density at radius 3 is 1.79 bits per heavy atom. The zero-order valence-electron chi connectivity index (χ0n) is 33.6. The summed E-state index contributed by atoms with van der Waals surface area (Å²) in [6.07, 6.45) is 0. The summed E-state index contributed by atoms with van der Waals surface area (Å²) in [7, 11) is 0. The number of furan rings is 3. The standard InChI is InChI=1S/C57H37NO3/c1-57(2)46-17-8-6-14-40(46)41-28-27-38(31-47(41)57)58(37-25-22-34(23-26-37)36-24-29-50-43(30-36)42-15-7-9-19-49(42)59-50)48-18-11-21-52-56(48)45-33-53-44(32-54(45)61-52)55-39(16-10-20-51(55)60-53)35-12-4-3-5-13-35/h3-33H,1-2H3. The maximum atomic E-state index is 6.80. The highest BCUT2D eigenvalue weighted by Gasteiger charge is 2.36. The highest BCUT2D eigenvalue weighted by molar-refractivity contribution is 6.20. The van der Waals surface area contributed by atoms with Crippen molar-refractivity contribution in [2.75, 3.05) is 4.90 Å².